The van der Waals surface area contributed by atoms with Gasteiger partial charge in [-0.1, -0.05) is 87.5 Å². The Morgan fingerprint density at radius 3 is 2.21 bits per heavy atom. The fourth-order valence-electron chi connectivity index (χ4n) is 7.99. The van der Waals surface area contributed by atoms with Gasteiger partial charge in [0.25, 0.3) is 16.8 Å². The molecule has 0 amide bonds. The number of hydrogen-bond acceptors (Lipinski definition) is 10. The molecule has 57 heavy (non-hydrogen) atoms. The summed E-state index contributed by atoms with van der Waals surface area (Å²) in [6.07, 6.45) is 1.88. The highest BCUT2D eigenvalue weighted by Crippen LogP contribution is 2.46. The Balaban J connectivity index is 1.25. The van der Waals surface area contributed by atoms with E-state index < -0.39 is 46.2 Å². The van der Waals surface area contributed by atoms with Crippen LogP contribution >= 0.6 is 0 Å². The van der Waals surface area contributed by atoms with Crippen LogP contribution in [0.1, 0.15) is 81.3 Å². The number of rotatable bonds is 12. The maximum absolute atomic E-state index is 14.7. The molecule has 0 bridgehead atoms. The van der Waals surface area contributed by atoms with E-state index in [0.717, 1.165) is 35.1 Å². The van der Waals surface area contributed by atoms with Gasteiger partial charge in [-0.2, -0.15) is 13.8 Å². The highest BCUT2D eigenvalue weighted by atomic mass is 32.2. The number of nitriles is 1. The standard InChI is InChI=1S/C44H47N3O9S/c1-5-42(6-2)28-53-44(54-29-42)22-23-46-38(44)25-36(35(26-45)39(46)48)43(7-3,41(50)52-8-4)55-40(49)37-24-32-16-12-13-17-33(32)27-47(37)57(51)56-34-20-18-31(19-21-34)30-14-10-9-11-15-30/h9-21,25,37H,5-8,22-24,27-29H2,1-4H3. The largest absolute Gasteiger partial charge is 0.463 e. The Morgan fingerprint density at radius 2 is 1.58 bits per heavy atom. The first kappa shape index (κ1) is 40.1. The molecule has 7 rings (SSSR count). The second-order valence-electron chi connectivity index (χ2n) is 14.8. The molecule has 0 saturated carbocycles. The molecule has 1 saturated heterocycles. The normalized spacial score (nSPS) is 19.7. The minimum Gasteiger partial charge on any atom is -0.463 e. The molecule has 3 atom stereocenters. The van der Waals surface area contributed by atoms with Crippen LogP contribution in [0.5, 0.6) is 5.75 Å². The van der Waals surface area contributed by atoms with Crippen LogP contribution in [0.15, 0.2) is 89.7 Å². The number of fused-ring (bicyclic) bond motifs is 3. The Bertz CT molecular complexity index is 2260. The number of carbonyl (C=O) groups is 2. The lowest BCUT2D eigenvalue weighted by atomic mass is 9.82. The maximum atomic E-state index is 14.7. The number of pyridine rings is 1. The van der Waals surface area contributed by atoms with Gasteiger partial charge in [-0.15, -0.1) is 0 Å². The van der Waals surface area contributed by atoms with Crippen LogP contribution in [-0.4, -0.2) is 50.9 Å². The summed E-state index contributed by atoms with van der Waals surface area (Å²) in [5.41, 5.74) is 0.401. The van der Waals surface area contributed by atoms with Crippen molar-refractivity contribution in [2.75, 3.05) is 19.8 Å². The third kappa shape index (κ3) is 7.32. The molecular weight excluding hydrogens is 747 g/mol. The fourth-order valence-corrected chi connectivity index (χ4v) is 8.98. The van der Waals surface area contributed by atoms with Gasteiger partial charge in [-0.05, 0) is 66.6 Å². The summed E-state index contributed by atoms with van der Waals surface area (Å²) >= 11 is -2.20. The molecule has 4 aromatic rings. The molecule has 3 aromatic carbocycles. The number of carbonyl (C=O) groups excluding carboxylic acids is 2. The van der Waals surface area contributed by atoms with Crippen molar-refractivity contribution in [3.8, 4) is 22.9 Å². The van der Waals surface area contributed by atoms with Crippen LogP contribution in [0.2, 0.25) is 0 Å². The predicted molar refractivity (Wildman–Crippen MR) is 211 cm³/mol. The van der Waals surface area contributed by atoms with E-state index in [9.17, 15) is 23.9 Å². The molecule has 0 radical (unpaired) electrons. The molecule has 4 heterocycles. The molecule has 298 valence electrons. The van der Waals surface area contributed by atoms with Crippen molar-refractivity contribution < 1.29 is 36.9 Å². The van der Waals surface area contributed by atoms with E-state index in [1.165, 1.54) is 14.9 Å². The molecule has 3 aliphatic rings. The van der Waals surface area contributed by atoms with Gasteiger partial charge in [-0.3, -0.25) is 9.59 Å². The number of esters is 2. The monoisotopic (exact) mass is 793 g/mol. The van der Waals surface area contributed by atoms with Gasteiger partial charge in [0.05, 0.1) is 25.5 Å². The lowest BCUT2D eigenvalue weighted by Crippen LogP contribution is -2.52. The lowest BCUT2D eigenvalue weighted by molar-refractivity contribution is -0.313. The van der Waals surface area contributed by atoms with Gasteiger partial charge < -0.3 is 27.7 Å². The summed E-state index contributed by atoms with van der Waals surface area (Å²) < 4.78 is 47.7. The van der Waals surface area contributed by atoms with Crippen molar-refractivity contribution in [2.45, 2.75) is 90.3 Å². The first-order valence-corrected chi connectivity index (χ1v) is 20.6. The number of nitrogens with zero attached hydrogens (tertiary/aromatic N) is 3. The number of benzene rings is 3. The second-order valence-corrected chi connectivity index (χ2v) is 15.8. The summed E-state index contributed by atoms with van der Waals surface area (Å²) in [5.74, 6) is -2.84. The third-order valence-electron chi connectivity index (χ3n) is 11.8. The number of aromatic nitrogens is 1. The van der Waals surface area contributed by atoms with E-state index in [-0.39, 0.29) is 49.1 Å². The highest BCUT2D eigenvalue weighted by Gasteiger charge is 2.54. The smallest absolute Gasteiger partial charge is 0.355 e. The average Bonchev–Trinajstić information content (AvgIpc) is 3.61. The predicted octanol–water partition coefficient (Wildman–Crippen LogP) is 6.59. The van der Waals surface area contributed by atoms with E-state index in [0.29, 0.717) is 31.1 Å². The molecule has 12 nitrogen and oxygen atoms in total. The Labute approximate surface area is 335 Å². The molecule has 0 aliphatic carbocycles. The van der Waals surface area contributed by atoms with Crippen LogP contribution in [0.4, 0.5) is 0 Å². The highest BCUT2D eigenvalue weighted by molar-refractivity contribution is 7.78. The van der Waals surface area contributed by atoms with Crippen LogP contribution in [0.25, 0.3) is 11.1 Å². The first-order chi connectivity index (χ1) is 27.6. The summed E-state index contributed by atoms with van der Waals surface area (Å²) in [6, 6.07) is 26.7. The fraction of sp³-hybridized carbons (Fsp3) is 0.409. The van der Waals surface area contributed by atoms with Crippen molar-refractivity contribution in [2.24, 2.45) is 5.41 Å². The van der Waals surface area contributed by atoms with Crippen LogP contribution in [0.3, 0.4) is 0 Å². The summed E-state index contributed by atoms with van der Waals surface area (Å²) in [5, 5.41) is 10.5. The van der Waals surface area contributed by atoms with Gasteiger partial charge in [0.15, 0.2) is 0 Å². The van der Waals surface area contributed by atoms with Gasteiger partial charge in [0.1, 0.15) is 23.4 Å². The van der Waals surface area contributed by atoms with Crippen LogP contribution in [0, 0.1) is 16.7 Å². The Kier molecular flexibility index (Phi) is 11.5. The first-order valence-electron chi connectivity index (χ1n) is 19.5. The molecule has 13 heteroatoms. The van der Waals surface area contributed by atoms with E-state index in [4.69, 9.17) is 23.1 Å². The minimum atomic E-state index is -2.24. The zero-order valence-electron chi connectivity index (χ0n) is 32.7. The Morgan fingerprint density at radius 1 is 0.930 bits per heavy atom. The number of ether oxygens (including phenoxy) is 4. The molecule has 1 fully saturated rings. The Hall–Kier alpha value is -5.13. The molecule has 3 aliphatic heterocycles. The quantitative estimate of drug-likeness (QED) is 0.144. The van der Waals surface area contributed by atoms with Crippen LogP contribution in [-0.2, 0) is 70.7 Å². The van der Waals surface area contributed by atoms with Crippen molar-refractivity contribution in [1.82, 2.24) is 8.87 Å². The van der Waals surface area contributed by atoms with Crippen molar-refractivity contribution >= 4 is 23.2 Å². The van der Waals surface area contributed by atoms with E-state index in [2.05, 4.69) is 13.8 Å². The second kappa shape index (κ2) is 16.4. The summed E-state index contributed by atoms with van der Waals surface area (Å²) in [7, 11) is 0. The third-order valence-corrected chi connectivity index (χ3v) is 12.9. The molecule has 1 spiro atoms. The molecular formula is C44H47N3O9S. The van der Waals surface area contributed by atoms with Gasteiger partial charge in [-0.25, -0.2) is 4.79 Å². The topological polar surface area (TPSA) is 146 Å². The maximum Gasteiger partial charge on any atom is 0.355 e. The van der Waals surface area contributed by atoms with E-state index in [1.54, 1.807) is 26.0 Å². The van der Waals surface area contributed by atoms with Crippen molar-refractivity contribution in [3.63, 3.8) is 0 Å². The van der Waals surface area contributed by atoms with Gasteiger partial charge >= 0.3 is 11.9 Å². The summed E-state index contributed by atoms with van der Waals surface area (Å²) in [4.78, 5) is 43.1. The van der Waals surface area contributed by atoms with Gasteiger partial charge in [0.2, 0.25) is 11.4 Å². The SMILES string of the molecule is CCOC(=O)C(CC)(OC(=O)C1Cc2ccccc2CN1S(=O)Oc1ccc(-c2ccccc2)cc1)c1cc2n(c(=O)c1C#N)CCC21OCC(CC)(CC)CO1. The van der Waals surface area contributed by atoms with E-state index in [1.807, 2.05) is 72.8 Å². The zero-order valence-corrected chi connectivity index (χ0v) is 33.5. The molecule has 3 unspecified atom stereocenters. The zero-order chi connectivity index (χ0) is 40.4. The van der Waals surface area contributed by atoms with Crippen molar-refractivity contribution in [3.05, 3.63) is 123 Å². The molecule has 0 N–H and O–H groups in total. The summed E-state index contributed by atoms with van der Waals surface area (Å²) in [6.45, 7) is 8.41. The van der Waals surface area contributed by atoms with Crippen molar-refractivity contribution in [1.29, 1.82) is 5.26 Å². The lowest BCUT2D eigenvalue weighted by Gasteiger charge is -2.44. The van der Waals surface area contributed by atoms with Gasteiger partial charge in [0, 0.05) is 36.9 Å². The molecule has 1 aromatic heterocycles. The van der Waals surface area contributed by atoms with E-state index >= 15 is 0 Å². The van der Waals surface area contributed by atoms with Crippen LogP contribution < -0.4 is 9.74 Å². The minimum absolute atomic E-state index is 0.0694. The number of hydrogen-bond donors (Lipinski definition) is 0. The average molecular weight is 794 g/mol.